The molecule has 15 atom stereocenters. The summed E-state index contributed by atoms with van der Waals surface area (Å²) < 4.78 is 53.8. The van der Waals surface area contributed by atoms with Gasteiger partial charge in [-0.15, -0.1) is 0 Å². The SMILES string of the molecule is C=C(C)[C@@]12OC34CCC/C=C\CCCC[C@H](CCC)[C@@H]5[C@@H]6[C@]7(O[C@]5(C)OC7=O)[C@H](O)[C@@]5(CO)O[C@H]5[C@@H]([C@H]1O3)[C@]6(O4)[C@H](COC(=O)C(C)C)[C@H]2OC(C)=O. The van der Waals surface area contributed by atoms with Gasteiger partial charge in [0.2, 0.25) is 11.4 Å². The maximum absolute atomic E-state index is 14.7. The lowest BCUT2D eigenvalue weighted by atomic mass is 9.48. The van der Waals surface area contributed by atoms with Crippen molar-refractivity contribution >= 4 is 17.9 Å². The fourth-order valence-corrected chi connectivity index (χ4v) is 12.0. The van der Waals surface area contributed by atoms with E-state index in [1.807, 2.05) is 0 Å². The topological polar surface area (TPSA) is 169 Å². The molecule has 0 amide bonds. The molecule has 2 N–H and O–H groups in total. The Morgan fingerprint density at radius 1 is 1.04 bits per heavy atom. The first kappa shape index (κ1) is 37.5. The molecule has 0 aromatic heterocycles. The quantitative estimate of drug-likeness (QED) is 0.158. The summed E-state index contributed by atoms with van der Waals surface area (Å²) in [5.41, 5.74) is -6.37. The molecule has 53 heavy (non-hydrogen) atoms. The van der Waals surface area contributed by atoms with E-state index < -0.39 is 113 Å². The van der Waals surface area contributed by atoms with E-state index in [9.17, 15) is 24.6 Å². The lowest BCUT2D eigenvalue weighted by Crippen LogP contribution is -2.79. The average Bonchev–Trinajstić information content (AvgIpc) is 3.59. The number of hydrogen-bond donors (Lipinski definition) is 2. The van der Waals surface area contributed by atoms with Gasteiger partial charge in [0.05, 0.1) is 24.0 Å². The Labute approximate surface area is 311 Å². The Kier molecular flexibility index (Phi) is 8.89. The average molecular weight is 745 g/mol. The molecule has 5 bridgehead atoms. The van der Waals surface area contributed by atoms with Crippen LogP contribution < -0.4 is 0 Å². The van der Waals surface area contributed by atoms with Crippen LogP contribution in [0.15, 0.2) is 24.3 Å². The first-order valence-electron chi connectivity index (χ1n) is 19.8. The normalized spacial score (nSPS) is 51.0. The van der Waals surface area contributed by atoms with Crippen molar-refractivity contribution in [2.75, 3.05) is 13.2 Å². The molecule has 6 aliphatic heterocycles. The van der Waals surface area contributed by atoms with Gasteiger partial charge in [-0.05, 0) is 50.5 Å². The number of aliphatic hydroxyl groups is 2. The van der Waals surface area contributed by atoms with Crippen LogP contribution in [-0.2, 0) is 52.3 Å². The number of rotatable bonds is 8. The predicted octanol–water partition coefficient (Wildman–Crippen LogP) is 4.01. The summed E-state index contributed by atoms with van der Waals surface area (Å²) >= 11 is 0. The van der Waals surface area contributed by atoms with Crippen molar-refractivity contribution in [2.24, 2.45) is 35.5 Å². The molecular formula is C40H56O13. The van der Waals surface area contributed by atoms with E-state index in [1.54, 1.807) is 27.7 Å². The Balaban J connectivity index is 1.46. The van der Waals surface area contributed by atoms with Crippen molar-refractivity contribution in [3.8, 4) is 0 Å². The molecule has 7 fully saturated rings. The van der Waals surface area contributed by atoms with E-state index in [2.05, 4.69) is 25.7 Å². The molecule has 8 rings (SSSR count). The largest absolute Gasteiger partial charge is 0.465 e. The molecule has 0 aromatic rings. The third kappa shape index (κ3) is 4.83. The van der Waals surface area contributed by atoms with Crippen molar-refractivity contribution in [1.82, 2.24) is 0 Å². The van der Waals surface area contributed by atoms with Crippen molar-refractivity contribution in [1.29, 1.82) is 0 Å². The van der Waals surface area contributed by atoms with Crippen LogP contribution in [0.1, 0.15) is 99.3 Å². The Bertz CT molecular complexity index is 1580. The second-order valence-electron chi connectivity index (χ2n) is 17.4. The standard InChI is InChI=1S/C40H56O13/c1-8-16-24-17-14-12-10-9-11-13-15-18-37-49-31-27-30-36(20-41,48-30)33(44)40-28(26(24)35(7,51-40)50-34(40)45)39(27,53-37)25(19-46-32(43)21(2)3)29(47-23(6)42)38(31,52-37)22(4)5/h9,11,21,24-31,33,41,44H,4,8,10,12-20H2,1-3,5-7H3/b11-9-/t24-,25+,26+,27-,28-,29+,30-,31+,33+,35-,36-,37?,38-,39+,40-/m0/s1. The van der Waals surface area contributed by atoms with Crippen molar-refractivity contribution < 1.29 is 62.5 Å². The van der Waals surface area contributed by atoms with E-state index in [0.29, 0.717) is 12.0 Å². The number of allylic oxidation sites excluding steroid dienone is 2. The number of hydrogen-bond acceptors (Lipinski definition) is 13. The van der Waals surface area contributed by atoms with Gasteiger partial charge in [-0.2, -0.15) is 0 Å². The van der Waals surface area contributed by atoms with Gasteiger partial charge in [-0.1, -0.05) is 58.8 Å². The number of epoxide rings is 1. The Hall–Kier alpha value is -2.39. The van der Waals surface area contributed by atoms with Gasteiger partial charge in [0, 0.05) is 38.0 Å². The smallest absolute Gasteiger partial charge is 0.344 e. The van der Waals surface area contributed by atoms with E-state index >= 15 is 0 Å². The predicted molar refractivity (Wildman–Crippen MR) is 184 cm³/mol. The first-order valence-corrected chi connectivity index (χ1v) is 19.8. The van der Waals surface area contributed by atoms with Gasteiger partial charge in [0.15, 0.2) is 5.60 Å². The molecule has 0 radical (unpaired) electrons. The summed E-state index contributed by atoms with van der Waals surface area (Å²) in [6.07, 6.45) is 6.44. The number of carbonyl (C=O) groups excluding carboxylic acids is 3. The zero-order valence-electron chi connectivity index (χ0n) is 31.8. The number of esters is 3. The molecule has 5 saturated heterocycles. The lowest BCUT2D eigenvalue weighted by Gasteiger charge is -2.63. The van der Waals surface area contributed by atoms with Crippen LogP contribution in [0, 0.1) is 35.5 Å². The molecule has 294 valence electrons. The second kappa shape index (κ2) is 12.6. The van der Waals surface area contributed by atoms with Gasteiger partial charge in [-0.25, -0.2) is 4.79 Å². The van der Waals surface area contributed by atoms with Crippen LogP contribution >= 0.6 is 0 Å². The molecular weight excluding hydrogens is 688 g/mol. The maximum Gasteiger partial charge on any atom is 0.344 e. The third-order valence-electron chi connectivity index (χ3n) is 13.9. The fraction of sp³-hybridized carbons (Fsp3) is 0.825. The van der Waals surface area contributed by atoms with E-state index in [4.69, 9.17) is 37.9 Å². The molecule has 13 nitrogen and oxygen atoms in total. The summed E-state index contributed by atoms with van der Waals surface area (Å²) in [6, 6.07) is 0. The van der Waals surface area contributed by atoms with Crippen molar-refractivity contribution in [3.63, 3.8) is 0 Å². The van der Waals surface area contributed by atoms with Crippen LogP contribution in [0.5, 0.6) is 0 Å². The van der Waals surface area contributed by atoms with Gasteiger partial charge in [-0.3, -0.25) is 9.59 Å². The molecule has 13 heteroatoms. The second-order valence-corrected chi connectivity index (χ2v) is 17.4. The highest BCUT2D eigenvalue weighted by Crippen LogP contribution is 2.77. The molecule has 3 spiro atoms. The minimum atomic E-state index is -2.07. The maximum atomic E-state index is 14.7. The van der Waals surface area contributed by atoms with Crippen LogP contribution in [-0.4, -0.2) is 99.9 Å². The third-order valence-corrected chi connectivity index (χ3v) is 13.9. The van der Waals surface area contributed by atoms with E-state index in [-0.39, 0.29) is 18.9 Å². The molecule has 8 aliphatic rings. The summed E-state index contributed by atoms with van der Waals surface area (Å²) in [5, 5.41) is 23.9. The molecule has 2 aliphatic carbocycles. The van der Waals surface area contributed by atoms with E-state index in [0.717, 1.165) is 44.9 Å². The minimum absolute atomic E-state index is 0.0680. The fourth-order valence-electron chi connectivity index (χ4n) is 12.0. The van der Waals surface area contributed by atoms with Crippen molar-refractivity contribution in [2.45, 2.75) is 158 Å². The van der Waals surface area contributed by atoms with Crippen LogP contribution in [0.4, 0.5) is 0 Å². The monoisotopic (exact) mass is 744 g/mol. The Morgan fingerprint density at radius 2 is 1.77 bits per heavy atom. The minimum Gasteiger partial charge on any atom is -0.465 e. The zero-order valence-corrected chi connectivity index (χ0v) is 31.8. The Morgan fingerprint density at radius 3 is 2.43 bits per heavy atom. The van der Waals surface area contributed by atoms with Gasteiger partial charge in [0.25, 0.3) is 5.97 Å². The van der Waals surface area contributed by atoms with Crippen molar-refractivity contribution in [3.05, 3.63) is 24.3 Å². The number of aliphatic hydroxyl groups excluding tert-OH is 2. The highest BCUT2D eigenvalue weighted by molar-refractivity contribution is 5.86. The highest BCUT2D eigenvalue weighted by Gasteiger charge is 2.95. The van der Waals surface area contributed by atoms with Gasteiger partial charge >= 0.3 is 17.9 Å². The molecule has 6 heterocycles. The number of carbonyl (C=O) groups is 3. The molecule has 2 saturated carbocycles. The summed E-state index contributed by atoms with van der Waals surface area (Å²) in [5.74, 6) is -8.95. The number of ether oxygens (including phenoxy) is 8. The van der Waals surface area contributed by atoms with E-state index in [1.165, 1.54) is 6.92 Å². The van der Waals surface area contributed by atoms with Gasteiger partial charge in [0.1, 0.15) is 36.6 Å². The number of fused-ring (bicyclic) bond motifs is 3. The molecule has 1 unspecified atom stereocenters. The van der Waals surface area contributed by atoms with Crippen LogP contribution in [0.25, 0.3) is 0 Å². The van der Waals surface area contributed by atoms with Crippen LogP contribution in [0.3, 0.4) is 0 Å². The highest BCUT2D eigenvalue weighted by atomic mass is 16.9. The zero-order chi connectivity index (χ0) is 37.9. The lowest BCUT2D eigenvalue weighted by molar-refractivity contribution is -0.438. The molecule has 0 aromatic carbocycles. The summed E-state index contributed by atoms with van der Waals surface area (Å²) in [7, 11) is 0. The summed E-state index contributed by atoms with van der Waals surface area (Å²) in [4.78, 5) is 41.3. The van der Waals surface area contributed by atoms with Crippen LogP contribution in [0.2, 0.25) is 0 Å². The van der Waals surface area contributed by atoms with Gasteiger partial charge < -0.3 is 48.1 Å². The first-order chi connectivity index (χ1) is 25.1. The summed E-state index contributed by atoms with van der Waals surface area (Å²) in [6.45, 7) is 13.9.